The third-order valence-corrected chi connectivity index (χ3v) is 2.51. The maximum atomic E-state index is 10.7. The van der Waals surface area contributed by atoms with Gasteiger partial charge in [0.1, 0.15) is 5.69 Å². The summed E-state index contributed by atoms with van der Waals surface area (Å²) in [4.78, 5) is 10.7. The Morgan fingerprint density at radius 1 is 1.60 bits per heavy atom. The summed E-state index contributed by atoms with van der Waals surface area (Å²) in [6, 6.07) is 4.04. The number of benzene rings is 1. The number of carboxylic acid groups (broad SMARTS) is 1. The van der Waals surface area contributed by atoms with Crippen LogP contribution in [0.2, 0.25) is 0 Å². The number of carbonyl (C=O) groups is 1. The highest BCUT2D eigenvalue weighted by atomic mass is 79.9. The van der Waals surface area contributed by atoms with Gasteiger partial charge in [-0.3, -0.25) is 4.79 Å². The topological polar surface area (TPSA) is 89.4 Å². The molecule has 0 aliphatic carbocycles. The van der Waals surface area contributed by atoms with Gasteiger partial charge in [0.05, 0.1) is 0 Å². The normalized spacial score (nSPS) is 12.9. The monoisotopic (exact) mass is 270 g/mol. The van der Waals surface area contributed by atoms with Crippen molar-refractivity contribution in [1.29, 1.82) is 0 Å². The zero-order valence-corrected chi connectivity index (χ0v) is 9.06. The Kier molecular flexibility index (Phi) is 2.45. The maximum Gasteiger partial charge on any atom is 0.326 e. The van der Waals surface area contributed by atoms with Crippen LogP contribution in [0.4, 0.5) is 0 Å². The highest BCUT2D eigenvalue weighted by Gasteiger charge is 2.21. The van der Waals surface area contributed by atoms with Crippen LogP contribution >= 0.6 is 15.9 Å². The SMILES string of the molecule is N[C@H](C(=O)O)c1noc2ccc(Br)cc12. The van der Waals surface area contributed by atoms with Gasteiger partial charge in [-0.05, 0) is 18.2 Å². The summed E-state index contributed by atoms with van der Waals surface area (Å²) in [5, 5.41) is 13.0. The largest absolute Gasteiger partial charge is 0.480 e. The van der Waals surface area contributed by atoms with Crippen LogP contribution in [-0.2, 0) is 4.79 Å². The van der Waals surface area contributed by atoms with Crippen LogP contribution in [-0.4, -0.2) is 16.2 Å². The average molecular weight is 271 g/mol. The number of nitrogens with two attached hydrogens (primary N) is 1. The molecule has 0 bridgehead atoms. The van der Waals surface area contributed by atoms with Crippen LogP contribution in [0.25, 0.3) is 11.0 Å². The van der Waals surface area contributed by atoms with Crippen LogP contribution in [0.5, 0.6) is 0 Å². The second kappa shape index (κ2) is 3.63. The molecule has 0 fully saturated rings. The number of fused-ring (bicyclic) bond motifs is 1. The summed E-state index contributed by atoms with van der Waals surface area (Å²) in [5.74, 6) is -1.13. The van der Waals surface area contributed by atoms with Gasteiger partial charge in [-0.2, -0.15) is 0 Å². The Morgan fingerprint density at radius 2 is 2.33 bits per heavy atom. The molecule has 0 aliphatic rings. The third-order valence-electron chi connectivity index (χ3n) is 2.02. The summed E-state index contributed by atoms with van der Waals surface area (Å²) < 4.78 is 5.78. The molecule has 78 valence electrons. The minimum absolute atomic E-state index is 0.235. The molecule has 0 unspecified atom stereocenters. The fourth-order valence-electron chi connectivity index (χ4n) is 1.27. The molecule has 0 aliphatic heterocycles. The number of hydrogen-bond acceptors (Lipinski definition) is 4. The molecule has 6 heteroatoms. The Balaban J connectivity index is 2.61. The molecule has 2 aromatic rings. The summed E-state index contributed by atoms with van der Waals surface area (Å²) >= 11 is 3.28. The average Bonchev–Trinajstić information content (AvgIpc) is 2.59. The number of hydrogen-bond donors (Lipinski definition) is 2. The van der Waals surface area contributed by atoms with Gasteiger partial charge in [-0.25, -0.2) is 0 Å². The van der Waals surface area contributed by atoms with Gasteiger partial charge in [0.25, 0.3) is 0 Å². The van der Waals surface area contributed by atoms with E-state index in [1.54, 1.807) is 18.2 Å². The minimum Gasteiger partial charge on any atom is -0.480 e. The van der Waals surface area contributed by atoms with E-state index >= 15 is 0 Å². The highest BCUT2D eigenvalue weighted by Crippen LogP contribution is 2.25. The Hall–Kier alpha value is -1.40. The third kappa shape index (κ3) is 1.73. The molecule has 3 N–H and O–H groups in total. The summed E-state index contributed by atoms with van der Waals surface area (Å²) in [6.07, 6.45) is 0. The zero-order valence-electron chi connectivity index (χ0n) is 7.48. The molecular weight excluding hydrogens is 264 g/mol. The van der Waals surface area contributed by atoms with Crippen molar-refractivity contribution in [3.05, 3.63) is 28.4 Å². The summed E-state index contributed by atoms with van der Waals surface area (Å²) in [6.45, 7) is 0. The molecule has 0 saturated carbocycles. The molecule has 1 aromatic heterocycles. The van der Waals surface area contributed by atoms with Gasteiger partial charge in [-0.15, -0.1) is 0 Å². The van der Waals surface area contributed by atoms with Crippen molar-refractivity contribution in [2.45, 2.75) is 6.04 Å². The Bertz CT molecular complexity index is 523. The first-order chi connectivity index (χ1) is 7.09. The predicted molar refractivity (Wildman–Crippen MR) is 56.3 cm³/mol. The maximum absolute atomic E-state index is 10.7. The van der Waals surface area contributed by atoms with Crippen molar-refractivity contribution >= 4 is 32.9 Å². The van der Waals surface area contributed by atoms with Crippen molar-refractivity contribution in [2.75, 3.05) is 0 Å². The molecule has 5 nitrogen and oxygen atoms in total. The lowest BCUT2D eigenvalue weighted by molar-refractivity contribution is -0.138. The van der Waals surface area contributed by atoms with Crippen molar-refractivity contribution < 1.29 is 14.4 Å². The van der Waals surface area contributed by atoms with Crippen molar-refractivity contribution in [1.82, 2.24) is 5.16 Å². The molecule has 0 saturated heterocycles. The molecule has 1 heterocycles. The van der Waals surface area contributed by atoms with E-state index in [9.17, 15) is 4.79 Å². The predicted octanol–water partition coefficient (Wildman–Crippen LogP) is 1.67. The van der Waals surface area contributed by atoms with E-state index in [4.69, 9.17) is 15.4 Å². The Labute approximate surface area is 93.0 Å². The van der Waals surface area contributed by atoms with Crippen molar-refractivity contribution in [3.63, 3.8) is 0 Å². The van der Waals surface area contributed by atoms with E-state index in [0.717, 1.165) is 4.47 Å². The van der Waals surface area contributed by atoms with Crippen LogP contribution < -0.4 is 5.73 Å². The van der Waals surface area contributed by atoms with Crippen LogP contribution in [0.1, 0.15) is 11.7 Å². The van der Waals surface area contributed by atoms with Crippen LogP contribution in [0.3, 0.4) is 0 Å². The molecular formula is C9H7BrN2O3. The van der Waals surface area contributed by atoms with Gasteiger partial charge >= 0.3 is 5.97 Å². The second-order valence-electron chi connectivity index (χ2n) is 3.02. The van der Waals surface area contributed by atoms with Gasteiger partial charge < -0.3 is 15.4 Å². The standard InChI is InChI=1S/C9H7BrN2O3/c10-4-1-2-6-5(3-4)8(12-15-6)7(11)9(13)14/h1-3,7H,11H2,(H,13,14)/t7-/m0/s1. The van der Waals surface area contributed by atoms with Crippen LogP contribution in [0.15, 0.2) is 27.2 Å². The molecule has 1 aromatic carbocycles. The van der Waals surface area contributed by atoms with Gasteiger partial charge in [0.15, 0.2) is 11.6 Å². The molecule has 15 heavy (non-hydrogen) atoms. The van der Waals surface area contributed by atoms with E-state index in [-0.39, 0.29) is 5.69 Å². The fourth-order valence-corrected chi connectivity index (χ4v) is 1.63. The van der Waals surface area contributed by atoms with Crippen molar-refractivity contribution in [3.8, 4) is 0 Å². The zero-order chi connectivity index (χ0) is 11.0. The number of aliphatic carboxylic acids is 1. The first-order valence-corrected chi connectivity index (χ1v) is 4.92. The Morgan fingerprint density at radius 3 is 3.00 bits per heavy atom. The number of aromatic nitrogens is 1. The van der Waals surface area contributed by atoms with Crippen molar-refractivity contribution in [2.24, 2.45) is 5.73 Å². The van der Waals surface area contributed by atoms with E-state index in [0.29, 0.717) is 11.0 Å². The molecule has 2 rings (SSSR count). The van der Waals surface area contributed by atoms with E-state index < -0.39 is 12.0 Å². The lowest BCUT2D eigenvalue weighted by Crippen LogP contribution is -2.21. The van der Waals surface area contributed by atoms with E-state index in [1.165, 1.54) is 0 Å². The molecule has 1 atom stereocenters. The first-order valence-electron chi connectivity index (χ1n) is 4.13. The minimum atomic E-state index is -1.17. The first kappa shape index (κ1) is 10.1. The van der Waals surface area contributed by atoms with E-state index in [2.05, 4.69) is 21.1 Å². The second-order valence-corrected chi connectivity index (χ2v) is 3.94. The van der Waals surface area contributed by atoms with E-state index in [1.807, 2.05) is 0 Å². The molecule has 0 amide bonds. The number of halogens is 1. The van der Waals surface area contributed by atoms with Gasteiger partial charge in [0, 0.05) is 9.86 Å². The number of nitrogens with zero attached hydrogens (tertiary/aromatic N) is 1. The summed E-state index contributed by atoms with van der Waals surface area (Å²) in [7, 11) is 0. The quantitative estimate of drug-likeness (QED) is 0.867. The lowest BCUT2D eigenvalue weighted by Gasteiger charge is -2.01. The van der Waals surface area contributed by atoms with Gasteiger partial charge in [-0.1, -0.05) is 21.1 Å². The molecule has 0 radical (unpaired) electrons. The molecule has 0 spiro atoms. The van der Waals surface area contributed by atoms with Crippen LogP contribution in [0, 0.1) is 0 Å². The summed E-state index contributed by atoms with van der Waals surface area (Å²) in [5.41, 5.74) is 6.21. The smallest absolute Gasteiger partial charge is 0.326 e. The van der Waals surface area contributed by atoms with Gasteiger partial charge in [0.2, 0.25) is 0 Å². The highest BCUT2D eigenvalue weighted by molar-refractivity contribution is 9.10. The lowest BCUT2D eigenvalue weighted by atomic mass is 10.1. The number of carboxylic acids is 1. The fraction of sp³-hybridized carbons (Fsp3) is 0.111. The number of rotatable bonds is 2.